The molecule has 0 aliphatic carbocycles. The standard InChI is InChI=1S/C16H11BrFN3O2/c17-13-4-2-1-3-12(13)15(22)19-9-14-20-16(23-21-14)10-5-7-11(18)8-6-10/h1-8H,9H2,(H,19,22). The Hall–Kier alpha value is -2.54. The van der Waals surface area contributed by atoms with E-state index < -0.39 is 0 Å². The number of rotatable bonds is 4. The van der Waals surface area contributed by atoms with Crippen LogP contribution in [-0.4, -0.2) is 16.0 Å². The summed E-state index contributed by atoms with van der Waals surface area (Å²) in [5.74, 6) is 0.0275. The molecule has 0 saturated carbocycles. The van der Waals surface area contributed by atoms with E-state index in [0.717, 1.165) is 0 Å². The van der Waals surface area contributed by atoms with Crippen LogP contribution >= 0.6 is 15.9 Å². The molecule has 1 aromatic heterocycles. The Morgan fingerprint density at radius 3 is 2.65 bits per heavy atom. The van der Waals surface area contributed by atoms with E-state index in [1.807, 2.05) is 6.07 Å². The van der Waals surface area contributed by atoms with Crippen LogP contribution in [-0.2, 0) is 6.54 Å². The summed E-state index contributed by atoms with van der Waals surface area (Å²) in [7, 11) is 0. The molecule has 0 aliphatic heterocycles. The SMILES string of the molecule is O=C(NCc1noc(-c2ccc(F)cc2)n1)c1ccccc1Br. The molecule has 3 rings (SSSR count). The zero-order chi connectivity index (χ0) is 16.2. The summed E-state index contributed by atoms with van der Waals surface area (Å²) in [6.45, 7) is 0.130. The van der Waals surface area contributed by atoms with Gasteiger partial charge in [-0.2, -0.15) is 4.98 Å². The quantitative estimate of drug-likeness (QED) is 0.756. The summed E-state index contributed by atoms with van der Waals surface area (Å²) in [5.41, 5.74) is 1.14. The van der Waals surface area contributed by atoms with Crippen LogP contribution in [0.15, 0.2) is 57.5 Å². The fourth-order valence-corrected chi connectivity index (χ4v) is 2.40. The highest BCUT2D eigenvalue weighted by Crippen LogP contribution is 2.18. The molecular formula is C16H11BrFN3O2. The van der Waals surface area contributed by atoms with Gasteiger partial charge in [-0.05, 0) is 52.3 Å². The zero-order valence-electron chi connectivity index (χ0n) is 11.8. The molecule has 1 N–H and O–H groups in total. The Balaban J connectivity index is 1.67. The number of halogens is 2. The fourth-order valence-electron chi connectivity index (χ4n) is 1.94. The molecule has 0 radical (unpaired) electrons. The summed E-state index contributed by atoms with van der Waals surface area (Å²) >= 11 is 3.32. The monoisotopic (exact) mass is 375 g/mol. The molecule has 0 atom stereocenters. The van der Waals surface area contributed by atoms with Crippen molar-refractivity contribution in [1.29, 1.82) is 0 Å². The Labute approximate surface area is 139 Å². The number of benzene rings is 2. The van der Waals surface area contributed by atoms with Crippen molar-refractivity contribution in [3.05, 3.63) is 70.2 Å². The van der Waals surface area contributed by atoms with Crippen molar-refractivity contribution >= 4 is 21.8 Å². The lowest BCUT2D eigenvalue weighted by molar-refractivity contribution is 0.0949. The van der Waals surface area contributed by atoms with Gasteiger partial charge in [-0.25, -0.2) is 4.39 Å². The van der Waals surface area contributed by atoms with Gasteiger partial charge in [-0.3, -0.25) is 4.79 Å². The van der Waals surface area contributed by atoms with Gasteiger partial charge < -0.3 is 9.84 Å². The molecular weight excluding hydrogens is 365 g/mol. The number of amides is 1. The first kappa shape index (κ1) is 15.4. The minimum Gasteiger partial charge on any atom is -0.345 e. The third kappa shape index (κ3) is 3.62. The molecule has 0 fully saturated rings. The van der Waals surface area contributed by atoms with Crippen LogP contribution in [0.2, 0.25) is 0 Å². The predicted molar refractivity (Wildman–Crippen MR) is 85.0 cm³/mol. The maximum atomic E-state index is 12.9. The van der Waals surface area contributed by atoms with E-state index in [4.69, 9.17) is 4.52 Å². The van der Waals surface area contributed by atoms with Crippen LogP contribution < -0.4 is 5.32 Å². The number of carbonyl (C=O) groups excluding carboxylic acids is 1. The molecule has 7 heteroatoms. The summed E-state index contributed by atoms with van der Waals surface area (Å²) in [6, 6.07) is 12.8. The number of hydrogen-bond donors (Lipinski definition) is 1. The van der Waals surface area contributed by atoms with Crippen molar-refractivity contribution in [1.82, 2.24) is 15.5 Å². The molecule has 0 spiro atoms. The molecule has 1 heterocycles. The fraction of sp³-hybridized carbons (Fsp3) is 0.0625. The van der Waals surface area contributed by atoms with Gasteiger partial charge >= 0.3 is 0 Å². The van der Waals surface area contributed by atoms with Crippen LogP contribution in [0.4, 0.5) is 4.39 Å². The average Bonchev–Trinajstić information content (AvgIpc) is 3.03. The average molecular weight is 376 g/mol. The van der Waals surface area contributed by atoms with Crippen molar-refractivity contribution in [2.75, 3.05) is 0 Å². The van der Waals surface area contributed by atoms with Gasteiger partial charge in [0.15, 0.2) is 5.82 Å². The van der Waals surface area contributed by atoms with Gasteiger partial charge in [-0.15, -0.1) is 0 Å². The van der Waals surface area contributed by atoms with E-state index in [1.54, 1.807) is 30.3 Å². The van der Waals surface area contributed by atoms with E-state index in [2.05, 4.69) is 31.4 Å². The van der Waals surface area contributed by atoms with Gasteiger partial charge in [-0.1, -0.05) is 17.3 Å². The van der Waals surface area contributed by atoms with Gasteiger partial charge in [0, 0.05) is 10.0 Å². The summed E-state index contributed by atoms with van der Waals surface area (Å²) in [6.07, 6.45) is 0. The Morgan fingerprint density at radius 1 is 1.17 bits per heavy atom. The Bertz CT molecular complexity index is 833. The third-order valence-corrected chi connectivity index (χ3v) is 3.78. The van der Waals surface area contributed by atoms with Crippen molar-refractivity contribution in [3.63, 3.8) is 0 Å². The molecule has 0 saturated heterocycles. The highest BCUT2D eigenvalue weighted by molar-refractivity contribution is 9.10. The Morgan fingerprint density at radius 2 is 1.91 bits per heavy atom. The van der Waals surface area contributed by atoms with Crippen LogP contribution in [0.3, 0.4) is 0 Å². The predicted octanol–water partition coefficient (Wildman–Crippen LogP) is 3.57. The molecule has 1 amide bonds. The summed E-state index contributed by atoms with van der Waals surface area (Å²) in [5, 5.41) is 6.51. The van der Waals surface area contributed by atoms with Crippen LogP contribution in [0.1, 0.15) is 16.2 Å². The second kappa shape index (κ2) is 6.70. The molecule has 3 aromatic rings. The van der Waals surface area contributed by atoms with Crippen molar-refractivity contribution in [2.24, 2.45) is 0 Å². The maximum absolute atomic E-state index is 12.9. The van der Waals surface area contributed by atoms with Gasteiger partial charge in [0.2, 0.25) is 0 Å². The third-order valence-electron chi connectivity index (χ3n) is 3.08. The number of nitrogens with one attached hydrogen (secondary N) is 1. The summed E-state index contributed by atoms with van der Waals surface area (Å²) < 4.78 is 18.7. The van der Waals surface area contributed by atoms with Crippen molar-refractivity contribution in [3.8, 4) is 11.5 Å². The first-order chi connectivity index (χ1) is 11.1. The van der Waals surface area contributed by atoms with E-state index in [-0.39, 0.29) is 24.2 Å². The smallest absolute Gasteiger partial charge is 0.257 e. The first-order valence-electron chi connectivity index (χ1n) is 6.75. The molecule has 0 unspecified atom stereocenters. The highest BCUT2D eigenvalue weighted by atomic mass is 79.9. The largest absolute Gasteiger partial charge is 0.345 e. The number of nitrogens with zero attached hydrogens (tertiary/aromatic N) is 2. The molecule has 0 aliphatic rings. The van der Waals surface area contributed by atoms with Crippen molar-refractivity contribution < 1.29 is 13.7 Å². The first-order valence-corrected chi connectivity index (χ1v) is 7.54. The number of hydrogen-bond acceptors (Lipinski definition) is 4. The molecule has 0 bridgehead atoms. The molecule has 5 nitrogen and oxygen atoms in total. The van der Waals surface area contributed by atoms with E-state index >= 15 is 0 Å². The lowest BCUT2D eigenvalue weighted by atomic mass is 10.2. The highest BCUT2D eigenvalue weighted by Gasteiger charge is 2.12. The Kier molecular flexibility index (Phi) is 4.47. The number of carbonyl (C=O) groups is 1. The van der Waals surface area contributed by atoms with E-state index in [9.17, 15) is 9.18 Å². The van der Waals surface area contributed by atoms with Crippen LogP contribution in [0.25, 0.3) is 11.5 Å². The van der Waals surface area contributed by atoms with E-state index in [0.29, 0.717) is 21.4 Å². The minimum atomic E-state index is -0.339. The second-order valence-corrected chi connectivity index (χ2v) is 5.54. The maximum Gasteiger partial charge on any atom is 0.257 e. The van der Waals surface area contributed by atoms with Crippen molar-refractivity contribution in [2.45, 2.75) is 6.54 Å². The lowest BCUT2D eigenvalue weighted by Gasteiger charge is -2.04. The van der Waals surface area contributed by atoms with Gasteiger partial charge in [0.05, 0.1) is 12.1 Å². The normalized spacial score (nSPS) is 10.5. The lowest BCUT2D eigenvalue weighted by Crippen LogP contribution is -2.23. The van der Waals surface area contributed by atoms with E-state index in [1.165, 1.54) is 12.1 Å². The summed E-state index contributed by atoms with van der Waals surface area (Å²) in [4.78, 5) is 16.3. The van der Waals surface area contributed by atoms with Crippen LogP contribution in [0.5, 0.6) is 0 Å². The minimum absolute atomic E-state index is 0.130. The molecule has 2 aromatic carbocycles. The molecule has 23 heavy (non-hydrogen) atoms. The second-order valence-electron chi connectivity index (χ2n) is 4.69. The van der Waals surface area contributed by atoms with Gasteiger partial charge in [0.25, 0.3) is 11.8 Å². The molecule has 116 valence electrons. The zero-order valence-corrected chi connectivity index (χ0v) is 13.4. The number of aromatic nitrogens is 2. The van der Waals surface area contributed by atoms with Crippen LogP contribution in [0, 0.1) is 5.82 Å². The topological polar surface area (TPSA) is 68.0 Å². The van der Waals surface area contributed by atoms with Gasteiger partial charge in [0.1, 0.15) is 5.82 Å².